The molecule has 1 aliphatic rings. The van der Waals surface area contributed by atoms with E-state index in [1.807, 2.05) is 0 Å². The highest BCUT2D eigenvalue weighted by Crippen LogP contribution is 2.25. The highest BCUT2D eigenvalue weighted by molar-refractivity contribution is 6.32. The zero-order valence-electron chi connectivity index (χ0n) is 12.0. The summed E-state index contributed by atoms with van der Waals surface area (Å²) in [4.78, 5) is 13.0. The molecule has 1 aromatic rings. The Labute approximate surface area is 124 Å². The van der Waals surface area contributed by atoms with Gasteiger partial charge >= 0.3 is 6.01 Å². The lowest BCUT2D eigenvalue weighted by atomic mass is 10.1. The summed E-state index contributed by atoms with van der Waals surface area (Å²) < 4.78 is 5.06. The van der Waals surface area contributed by atoms with Crippen LogP contribution >= 0.6 is 11.6 Å². The average molecular weight is 300 g/mol. The maximum Gasteiger partial charge on any atom is 0.318 e. The molecule has 0 aromatic carbocycles. The Balaban J connectivity index is 2.03. The van der Waals surface area contributed by atoms with Crippen molar-refractivity contribution in [3.05, 3.63) is 11.2 Å². The smallest absolute Gasteiger partial charge is 0.318 e. The van der Waals surface area contributed by atoms with E-state index in [0.29, 0.717) is 23.6 Å². The Morgan fingerprint density at radius 1 is 1.40 bits per heavy atom. The molecule has 1 fully saturated rings. The van der Waals surface area contributed by atoms with Crippen LogP contribution in [-0.2, 0) is 0 Å². The molecule has 1 aromatic heterocycles. The van der Waals surface area contributed by atoms with E-state index >= 15 is 0 Å². The molecule has 0 saturated carbocycles. The van der Waals surface area contributed by atoms with Gasteiger partial charge in [-0.05, 0) is 6.42 Å². The van der Waals surface area contributed by atoms with E-state index in [-0.39, 0.29) is 0 Å². The Kier molecular flexibility index (Phi) is 5.39. The van der Waals surface area contributed by atoms with E-state index in [1.54, 1.807) is 13.3 Å². The van der Waals surface area contributed by atoms with Crippen LogP contribution in [0.5, 0.6) is 6.01 Å². The van der Waals surface area contributed by atoms with Crippen molar-refractivity contribution in [1.82, 2.24) is 14.9 Å². The molecule has 1 atom stereocenters. The summed E-state index contributed by atoms with van der Waals surface area (Å²) in [5, 5.41) is 0.560. The molecule has 6 nitrogen and oxygen atoms in total. The first kappa shape index (κ1) is 15.3. The summed E-state index contributed by atoms with van der Waals surface area (Å²) in [5.74, 6) is 0.749. The van der Waals surface area contributed by atoms with E-state index in [2.05, 4.69) is 26.7 Å². The number of anilines is 1. The Morgan fingerprint density at radius 2 is 2.10 bits per heavy atom. The normalized spacial score (nSPS) is 18.1. The Hall–Kier alpha value is -1.11. The van der Waals surface area contributed by atoms with Gasteiger partial charge in [-0.15, -0.1) is 0 Å². The molecule has 1 saturated heterocycles. The van der Waals surface area contributed by atoms with Gasteiger partial charge in [0.15, 0.2) is 5.82 Å². The minimum atomic E-state index is 0.347. The van der Waals surface area contributed by atoms with Gasteiger partial charge in [-0.25, -0.2) is 4.98 Å². The zero-order valence-corrected chi connectivity index (χ0v) is 12.8. The van der Waals surface area contributed by atoms with Crippen LogP contribution in [0.1, 0.15) is 13.3 Å². The van der Waals surface area contributed by atoms with Crippen LogP contribution in [0, 0.1) is 0 Å². The monoisotopic (exact) mass is 299 g/mol. The van der Waals surface area contributed by atoms with Crippen LogP contribution in [0.25, 0.3) is 0 Å². The molecular formula is C13H22ClN5O. The fourth-order valence-electron chi connectivity index (χ4n) is 2.54. The first-order valence-corrected chi connectivity index (χ1v) is 7.33. The zero-order chi connectivity index (χ0) is 14.5. The minimum Gasteiger partial charge on any atom is -0.467 e. The first-order valence-electron chi connectivity index (χ1n) is 6.95. The topological polar surface area (TPSA) is 67.5 Å². The van der Waals surface area contributed by atoms with Crippen molar-refractivity contribution in [3.63, 3.8) is 0 Å². The number of hydrogen-bond acceptors (Lipinski definition) is 6. The quantitative estimate of drug-likeness (QED) is 0.875. The SMILES string of the molecule is CCC(CN)N1CCN(c2nc(OC)ncc2Cl)CC1. The molecule has 1 unspecified atom stereocenters. The second-order valence-corrected chi connectivity index (χ2v) is 5.26. The molecular weight excluding hydrogens is 278 g/mol. The summed E-state index contributed by atoms with van der Waals surface area (Å²) in [6, 6.07) is 0.813. The predicted molar refractivity (Wildman–Crippen MR) is 80.5 cm³/mol. The number of methoxy groups -OCH3 is 1. The van der Waals surface area contributed by atoms with E-state index < -0.39 is 0 Å². The molecule has 112 valence electrons. The molecule has 20 heavy (non-hydrogen) atoms. The minimum absolute atomic E-state index is 0.347. The lowest BCUT2D eigenvalue weighted by Crippen LogP contribution is -2.52. The molecule has 1 aliphatic heterocycles. The van der Waals surface area contributed by atoms with Gasteiger partial charge in [-0.1, -0.05) is 18.5 Å². The number of aromatic nitrogens is 2. The van der Waals surface area contributed by atoms with Crippen LogP contribution in [-0.4, -0.2) is 60.7 Å². The summed E-state index contributed by atoms with van der Waals surface area (Å²) in [7, 11) is 1.55. The van der Waals surface area contributed by atoms with Crippen molar-refractivity contribution in [3.8, 4) is 6.01 Å². The van der Waals surface area contributed by atoms with Crippen molar-refractivity contribution >= 4 is 17.4 Å². The van der Waals surface area contributed by atoms with E-state index in [1.165, 1.54) is 0 Å². The van der Waals surface area contributed by atoms with Crippen molar-refractivity contribution in [1.29, 1.82) is 0 Å². The molecule has 2 N–H and O–H groups in total. The van der Waals surface area contributed by atoms with Gasteiger partial charge in [0.2, 0.25) is 0 Å². The van der Waals surface area contributed by atoms with Crippen LogP contribution in [0.4, 0.5) is 5.82 Å². The number of piperazine rings is 1. The Morgan fingerprint density at radius 3 is 2.65 bits per heavy atom. The van der Waals surface area contributed by atoms with E-state index in [0.717, 1.165) is 38.4 Å². The van der Waals surface area contributed by atoms with Gasteiger partial charge in [-0.3, -0.25) is 4.90 Å². The summed E-state index contributed by atoms with van der Waals surface area (Å²) in [6.07, 6.45) is 2.67. The number of rotatable bonds is 5. The van der Waals surface area contributed by atoms with Gasteiger partial charge in [0.1, 0.15) is 5.02 Å². The summed E-state index contributed by atoms with van der Waals surface area (Å²) >= 11 is 6.18. The molecule has 0 aliphatic carbocycles. The predicted octanol–water partition coefficient (Wildman–Crippen LogP) is 0.998. The average Bonchev–Trinajstić information content (AvgIpc) is 2.50. The van der Waals surface area contributed by atoms with Gasteiger partial charge in [0.25, 0.3) is 0 Å². The first-order chi connectivity index (χ1) is 9.69. The third-order valence-corrected chi connectivity index (χ3v) is 4.03. The van der Waals surface area contributed by atoms with Gasteiger partial charge < -0.3 is 15.4 Å². The molecule has 0 amide bonds. The van der Waals surface area contributed by atoms with Crippen LogP contribution in [0.15, 0.2) is 6.20 Å². The highest BCUT2D eigenvalue weighted by atomic mass is 35.5. The van der Waals surface area contributed by atoms with Crippen LogP contribution < -0.4 is 15.4 Å². The van der Waals surface area contributed by atoms with Gasteiger partial charge in [-0.2, -0.15) is 4.98 Å². The molecule has 0 bridgehead atoms. The molecule has 2 rings (SSSR count). The van der Waals surface area contributed by atoms with Gasteiger partial charge in [0, 0.05) is 38.8 Å². The summed E-state index contributed by atoms with van der Waals surface area (Å²) in [5.41, 5.74) is 5.81. The fourth-order valence-corrected chi connectivity index (χ4v) is 2.75. The van der Waals surface area contributed by atoms with E-state index in [4.69, 9.17) is 22.1 Å². The lowest BCUT2D eigenvalue weighted by Gasteiger charge is -2.39. The third-order valence-electron chi connectivity index (χ3n) is 3.76. The van der Waals surface area contributed by atoms with Crippen LogP contribution in [0.3, 0.4) is 0 Å². The maximum atomic E-state index is 6.18. The molecule has 2 heterocycles. The fraction of sp³-hybridized carbons (Fsp3) is 0.692. The van der Waals surface area contributed by atoms with Crippen molar-refractivity contribution in [2.45, 2.75) is 19.4 Å². The highest BCUT2D eigenvalue weighted by Gasteiger charge is 2.24. The summed E-state index contributed by atoms with van der Waals surface area (Å²) in [6.45, 7) is 6.60. The van der Waals surface area contributed by atoms with E-state index in [9.17, 15) is 0 Å². The number of halogens is 1. The van der Waals surface area contributed by atoms with Gasteiger partial charge in [0.05, 0.1) is 13.3 Å². The molecule has 7 heteroatoms. The molecule has 0 radical (unpaired) electrons. The van der Waals surface area contributed by atoms with Crippen molar-refractivity contribution in [2.24, 2.45) is 5.73 Å². The number of ether oxygens (including phenoxy) is 1. The van der Waals surface area contributed by atoms with Crippen molar-refractivity contribution < 1.29 is 4.74 Å². The standard InChI is InChI=1S/C13H22ClN5O/c1-3-10(8-15)18-4-6-19(7-5-18)12-11(14)9-16-13(17-12)20-2/h9-10H,3-8,15H2,1-2H3. The maximum absolute atomic E-state index is 6.18. The van der Waals surface area contributed by atoms with Crippen LogP contribution in [0.2, 0.25) is 5.02 Å². The number of nitrogens with two attached hydrogens (primary N) is 1. The second-order valence-electron chi connectivity index (χ2n) is 4.85. The number of nitrogens with zero attached hydrogens (tertiary/aromatic N) is 4. The molecule has 0 spiro atoms. The number of hydrogen-bond donors (Lipinski definition) is 1. The Bertz CT molecular complexity index is 433. The lowest BCUT2D eigenvalue weighted by molar-refractivity contribution is 0.184. The third kappa shape index (κ3) is 3.31. The second kappa shape index (κ2) is 7.06. The van der Waals surface area contributed by atoms with Crippen molar-refractivity contribution in [2.75, 3.05) is 44.7 Å². The largest absolute Gasteiger partial charge is 0.467 e.